The Labute approximate surface area is 100 Å². The second kappa shape index (κ2) is 6.02. The summed E-state index contributed by atoms with van der Waals surface area (Å²) in [6.45, 7) is 6.01. The van der Waals surface area contributed by atoms with E-state index in [4.69, 9.17) is 0 Å². The molecule has 0 aromatic heterocycles. The lowest BCUT2D eigenvalue weighted by Crippen LogP contribution is -2.39. The summed E-state index contributed by atoms with van der Waals surface area (Å²) in [5.41, 5.74) is 0. The van der Waals surface area contributed by atoms with Crippen LogP contribution < -0.4 is 0 Å². The Balaban J connectivity index is 1.78. The highest BCUT2D eigenvalue weighted by Gasteiger charge is 2.25. The molecule has 2 atom stereocenters. The molecule has 2 fully saturated rings. The molecule has 2 rings (SSSR count). The summed E-state index contributed by atoms with van der Waals surface area (Å²) < 4.78 is 0. The zero-order valence-corrected chi connectivity index (χ0v) is 10.7. The van der Waals surface area contributed by atoms with Crippen molar-refractivity contribution in [2.45, 2.75) is 58.0 Å². The van der Waals surface area contributed by atoms with Crippen LogP contribution in [0.25, 0.3) is 0 Å². The van der Waals surface area contributed by atoms with Gasteiger partial charge >= 0.3 is 0 Å². The van der Waals surface area contributed by atoms with Crippen LogP contribution in [0, 0.1) is 11.8 Å². The Morgan fingerprint density at radius 2 is 1.69 bits per heavy atom. The molecule has 0 aromatic rings. The van der Waals surface area contributed by atoms with Gasteiger partial charge < -0.3 is 10.0 Å². The molecule has 1 N–H and O–H groups in total. The van der Waals surface area contributed by atoms with Gasteiger partial charge in [0.15, 0.2) is 0 Å². The molecule has 1 saturated carbocycles. The van der Waals surface area contributed by atoms with E-state index in [1.54, 1.807) is 0 Å². The first-order valence-electron chi connectivity index (χ1n) is 7.16. The van der Waals surface area contributed by atoms with E-state index in [2.05, 4.69) is 11.8 Å². The van der Waals surface area contributed by atoms with Crippen molar-refractivity contribution in [2.24, 2.45) is 11.8 Å². The Morgan fingerprint density at radius 3 is 2.44 bits per heavy atom. The Morgan fingerprint density at radius 1 is 1.00 bits per heavy atom. The van der Waals surface area contributed by atoms with Gasteiger partial charge in [0.25, 0.3) is 0 Å². The predicted molar refractivity (Wildman–Crippen MR) is 67.4 cm³/mol. The molecule has 94 valence electrons. The number of likely N-dealkylation sites (tertiary alicyclic amines) is 1. The van der Waals surface area contributed by atoms with Crippen LogP contribution in [0.2, 0.25) is 0 Å². The second-order valence-corrected chi connectivity index (χ2v) is 5.95. The molecule has 0 aromatic carbocycles. The summed E-state index contributed by atoms with van der Waals surface area (Å²) in [5.74, 6) is 1.46. The van der Waals surface area contributed by atoms with E-state index in [9.17, 15) is 5.11 Å². The number of rotatable bonds is 2. The highest BCUT2D eigenvalue weighted by molar-refractivity contribution is 4.78. The summed E-state index contributed by atoms with van der Waals surface area (Å²) in [7, 11) is 0. The molecule has 0 radical (unpaired) electrons. The molecule has 2 unspecified atom stereocenters. The van der Waals surface area contributed by atoms with Crippen molar-refractivity contribution >= 4 is 0 Å². The smallest absolute Gasteiger partial charge is 0.0580 e. The summed E-state index contributed by atoms with van der Waals surface area (Å²) in [6.07, 6.45) is 8.83. The van der Waals surface area contributed by atoms with Crippen molar-refractivity contribution in [1.82, 2.24) is 4.90 Å². The fourth-order valence-electron chi connectivity index (χ4n) is 3.15. The van der Waals surface area contributed by atoms with E-state index in [-0.39, 0.29) is 6.10 Å². The van der Waals surface area contributed by atoms with Gasteiger partial charge in [-0.05, 0) is 50.6 Å². The number of hydrogen-bond acceptors (Lipinski definition) is 2. The lowest BCUT2D eigenvalue weighted by molar-refractivity contribution is 0.0635. The lowest BCUT2D eigenvalue weighted by Gasteiger charge is -2.34. The van der Waals surface area contributed by atoms with Crippen molar-refractivity contribution in [2.75, 3.05) is 19.6 Å². The van der Waals surface area contributed by atoms with Crippen LogP contribution in [0.3, 0.4) is 0 Å². The fourth-order valence-corrected chi connectivity index (χ4v) is 3.15. The third-order valence-electron chi connectivity index (χ3n) is 4.49. The van der Waals surface area contributed by atoms with Gasteiger partial charge in [-0.15, -0.1) is 0 Å². The molecule has 1 saturated heterocycles. The maximum Gasteiger partial charge on any atom is 0.0580 e. The summed E-state index contributed by atoms with van der Waals surface area (Å²) in [5, 5.41) is 10.1. The Hall–Kier alpha value is -0.0800. The number of piperidine rings is 1. The van der Waals surface area contributed by atoms with Crippen molar-refractivity contribution in [3.8, 4) is 0 Å². The van der Waals surface area contributed by atoms with Crippen LogP contribution >= 0.6 is 0 Å². The first kappa shape index (κ1) is 12.4. The number of hydrogen-bond donors (Lipinski definition) is 1. The standard InChI is InChI=1S/C14H27NO/c1-12-7-9-15(10-8-12)11-13-5-3-2-4-6-14(13)16/h12-14,16H,2-11H2,1H3. The van der Waals surface area contributed by atoms with E-state index in [1.807, 2.05) is 0 Å². The SMILES string of the molecule is CC1CCN(CC2CCCCCC2O)CC1. The Kier molecular flexibility index (Phi) is 4.66. The van der Waals surface area contributed by atoms with Crippen molar-refractivity contribution in [1.29, 1.82) is 0 Å². The molecule has 0 bridgehead atoms. The predicted octanol–water partition coefficient (Wildman–Crippen LogP) is 2.66. The van der Waals surface area contributed by atoms with Crippen molar-refractivity contribution in [3.05, 3.63) is 0 Å². The van der Waals surface area contributed by atoms with E-state index in [1.165, 1.54) is 51.6 Å². The minimum atomic E-state index is -0.0261. The minimum Gasteiger partial charge on any atom is -0.393 e. The average molecular weight is 225 g/mol. The minimum absolute atomic E-state index is 0.0261. The third kappa shape index (κ3) is 3.46. The van der Waals surface area contributed by atoms with Gasteiger partial charge in [-0.1, -0.05) is 26.2 Å². The Bertz CT molecular complexity index is 199. The lowest BCUT2D eigenvalue weighted by atomic mass is 9.94. The van der Waals surface area contributed by atoms with E-state index in [0.717, 1.165) is 18.9 Å². The number of nitrogens with zero attached hydrogens (tertiary/aromatic N) is 1. The van der Waals surface area contributed by atoms with E-state index >= 15 is 0 Å². The maximum atomic E-state index is 10.1. The van der Waals surface area contributed by atoms with Gasteiger partial charge in [0.05, 0.1) is 6.10 Å². The first-order valence-corrected chi connectivity index (χ1v) is 7.16. The van der Waals surface area contributed by atoms with Crippen molar-refractivity contribution in [3.63, 3.8) is 0 Å². The maximum absolute atomic E-state index is 10.1. The topological polar surface area (TPSA) is 23.5 Å². The molecule has 0 amide bonds. The molecule has 2 heteroatoms. The molecule has 0 spiro atoms. The second-order valence-electron chi connectivity index (χ2n) is 5.95. The third-order valence-corrected chi connectivity index (χ3v) is 4.49. The zero-order chi connectivity index (χ0) is 11.4. The quantitative estimate of drug-likeness (QED) is 0.730. The molecule has 2 nitrogen and oxygen atoms in total. The first-order chi connectivity index (χ1) is 7.75. The van der Waals surface area contributed by atoms with Gasteiger partial charge in [0.1, 0.15) is 0 Å². The molecule has 1 aliphatic heterocycles. The number of aliphatic hydroxyl groups is 1. The van der Waals surface area contributed by atoms with Gasteiger partial charge in [0.2, 0.25) is 0 Å². The van der Waals surface area contributed by atoms with Crippen LogP contribution in [0.15, 0.2) is 0 Å². The van der Waals surface area contributed by atoms with Crippen LogP contribution in [-0.4, -0.2) is 35.7 Å². The fraction of sp³-hybridized carbons (Fsp3) is 1.00. The van der Waals surface area contributed by atoms with Gasteiger partial charge in [0, 0.05) is 6.54 Å². The zero-order valence-electron chi connectivity index (χ0n) is 10.7. The molecule has 16 heavy (non-hydrogen) atoms. The van der Waals surface area contributed by atoms with E-state index < -0.39 is 0 Å². The molecular formula is C14H27NO. The summed E-state index contributed by atoms with van der Waals surface area (Å²) >= 11 is 0. The highest BCUT2D eigenvalue weighted by Crippen LogP contribution is 2.26. The molecule has 1 heterocycles. The van der Waals surface area contributed by atoms with Crippen molar-refractivity contribution < 1.29 is 5.11 Å². The summed E-state index contributed by atoms with van der Waals surface area (Å²) in [4.78, 5) is 2.58. The molecular weight excluding hydrogens is 198 g/mol. The van der Waals surface area contributed by atoms with Crippen LogP contribution in [0.5, 0.6) is 0 Å². The summed E-state index contributed by atoms with van der Waals surface area (Å²) in [6, 6.07) is 0. The van der Waals surface area contributed by atoms with Gasteiger partial charge in [-0.3, -0.25) is 0 Å². The normalized spacial score (nSPS) is 34.9. The van der Waals surface area contributed by atoms with E-state index in [0.29, 0.717) is 5.92 Å². The highest BCUT2D eigenvalue weighted by atomic mass is 16.3. The van der Waals surface area contributed by atoms with Crippen LogP contribution in [0.4, 0.5) is 0 Å². The number of aliphatic hydroxyl groups excluding tert-OH is 1. The van der Waals surface area contributed by atoms with Gasteiger partial charge in [-0.2, -0.15) is 0 Å². The monoisotopic (exact) mass is 225 g/mol. The van der Waals surface area contributed by atoms with Gasteiger partial charge in [-0.25, -0.2) is 0 Å². The van der Waals surface area contributed by atoms with Crippen LogP contribution in [0.1, 0.15) is 51.9 Å². The average Bonchev–Trinajstić information content (AvgIpc) is 2.48. The largest absolute Gasteiger partial charge is 0.393 e. The molecule has 2 aliphatic rings. The molecule has 1 aliphatic carbocycles. The van der Waals surface area contributed by atoms with Crippen LogP contribution in [-0.2, 0) is 0 Å².